The summed E-state index contributed by atoms with van der Waals surface area (Å²) >= 11 is 3.10. The molecule has 3 heterocycles. The number of rotatable bonds is 4. The van der Waals surface area contributed by atoms with E-state index in [0.717, 1.165) is 20.5 Å². The fourth-order valence-corrected chi connectivity index (χ4v) is 4.18. The molecule has 3 rings (SSSR count). The molecule has 0 aliphatic heterocycles. The van der Waals surface area contributed by atoms with E-state index in [1.165, 1.54) is 11.3 Å². The van der Waals surface area contributed by atoms with Crippen molar-refractivity contribution in [1.29, 1.82) is 0 Å². The Morgan fingerprint density at radius 1 is 1.22 bits per heavy atom. The van der Waals surface area contributed by atoms with Crippen LogP contribution in [0.1, 0.15) is 5.69 Å². The van der Waals surface area contributed by atoms with Crippen molar-refractivity contribution in [1.82, 2.24) is 5.16 Å². The van der Waals surface area contributed by atoms with Crippen molar-refractivity contribution in [3.8, 4) is 10.6 Å². The summed E-state index contributed by atoms with van der Waals surface area (Å²) in [5.74, 6) is 1.14. The first-order valence-corrected chi connectivity index (χ1v) is 8.32. The largest absolute Gasteiger partial charge is 0.355 e. The normalized spacial score (nSPS) is 12.7. The van der Waals surface area contributed by atoms with Gasteiger partial charge in [0.15, 0.2) is 5.76 Å². The third-order valence-electron chi connectivity index (χ3n) is 2.32. The molecule has 0 radical (unpaired) electrons. The number of hydrogen-bond donors (Lipinski definition) is 0. The Morgan fingerprint density at radius 3 is 2.78 bits per heavy atom. The molecule has 92 valence electrons. The van der Waals surface area contributed by atoms with Crippen molar-refractivity contribution in [2.45, 2.75) is 9.96 Å². The number of thiophene rings is 2. The van der Waals surface area contributed by atoms with Crippen LogP contribution in [-0.4, -0.2) is 9.37 Å². The van der Waals surface area contributed by atoms with Gasteiger partial charge in [-0.1, -0.05) is 17.3 Å². The van der Waals surface area contributed by atoms with Crippen molar-refractivity contribution in [3.63, 3.8) is 0 Å². The first-order chi connectivity index (χ1) is 8.83. The predicted octanol–water partition coefficient (Wildman–Crippen LogP) is 3.77. The molecule has 0 saturated heterocycles. The molecule has 6 heteroatoms. The summed E-state index contributed by atoms with van der Waals surface area (Å²) in [5, 5.41) is 7.88. The topological polar surface area (TPSA) is 43.1 Å². The van der Waals surface area contributed by atoms with Crippen LogP contribution in [0.3, 0.4) is 0 Å². The summed E-state index contributed by atoms with van der Waals surface area (Å²) in [6.45, 7) is 0. The number of aromatic nitrogens is 1. The van der Waals surface area contributed by atoms with Gasteiger partial charge >= 0.3 is 0 Å². The second-order valence-corrected chi connectivity index (χ2v) is 7.16. The summed E-state index contributed by atoms with van der Waals surface area (Å²) in [4.78, 5) is 1.04. The Balaban J connectivity index is 1.76. The maximum atomic E-state index is 12.0. The van der Waals surface area contributed by atoms with Gasteiger partial charge in [0.05, 0.1) is 31.3 Å². The molecular weight excluding hydrogens is 286 g/mol. The Morgan fingerprint density at radius 2 is 2.06 bits per heavy atom. The average Bonchev–Trinajstić information content (AvgIpc) is 3.12. The van der Waals surface area contributed by atoms with Gasteiger partial charge in [0.1, 0.15) is 0 Å². The summed E-state index contributed by atoms with van der Waals surface area (Å²) in [6, 6.07) is 9.58. The second-order valence-electron chi connectivity index (χ2n) is 3.58. The summed E-state index contributed by atoms with van der Waals surface area (Å²) in [6.07, 6.45) is 0. The van der Waals surface area contributed by atoms with E-state index in [9.17, 15) is 4.21 Å². The summed E-state index contributed by atoms with van der Waals surface area (Å²) in [5.41, 5.74) is 0.727. The van der Waals surface area contributed by atoms with Crippen molar-refractivity contribution in [2.24, 2.45) is 0 Å². The molecule has 0 spiro atoms. The van der Waals surface area contributed by atoms with Crippen LogP contribution >= 0.6 is 22.7 Å². The Labute approximate surface area is 115 Å². The highest BCUT2D eigenvalue weighted by atomic mass is 32.2. The molecule has 0 aromatic carbocycles. The molecule has 0 bridgehead atoms. The minimum atomic E-state index is -1.04. The zero-order valence-electron chi connectivity index (χ0n) is 9.24. The van der Waals surface area contributed by atoms with Gasteiger partial charge < -0.3 is 4.52 Å². The first-order valence-electron chi connectivity index (χ1n) is 5.24. The van der Waals surface area contributed by atoms with Crippen LogP contribution < -0.4 is 0 Å². The smallest absolute Gasteiger partial charge is 0.177 e. The van der Waals surface area contributed by atoms with Crippen LogP contribution in [0.5, 0.6) is 0 Å². The lowest BCUT2D eigenvalue weighted by Gasteiger charge is -1.93. The summed E-state index contributed by atoms with van der Waals surface area (Å²) < 4.78 is 18.1. The Kier molecular flexibility index (Phi) is 3.40. The fourth-order valence-electron chi connectivity index (χ4n) is 1.51. The molecule has 3 nitrogen and oxygen atoms in total. The van der Waals surface area contributed by atoms with E-state index in [2.05, 4.69) is 5.16 Å². The maximum Gasteiger partial charge on any atom is 0.177 e. The lowest BCUT2D eigenvalue weighted by Crippen LogP contribution is -1.93. The third kappa shape index (κ3) is 2.45. The van der Waals surface area contributed by atoms with E-state index >= 15 is 0 Å². The molecule has 18 heavy (non-hydrogen) atoms. The molecule has 3 aromatic rings. The van der Waals surface area contributed by atoms with Gasteiger partial charge in [0.25, 0.3) is 0 Å². The number of nitrogens with zero attached hydrogens (tertiary/aromatic N) is 1. The van der Waals surface area contributed by atoms with Gasteiger partial charge in [-0.15, -0.1) is 22.7 Å². The number of hydrogen-bond acceptors (Lipinski definition) is 5. The lowest BCUT2D eigenvalue weighted by molar-refractivity contribution is 0.427. The van der Waals surface area contributed by atoms with Gasteiger partial charge in [0.2, 0.25) is 0 Å². The third-order valence-corrected chi connectivity index (χ3v) is 5.86. The van der Waals surface area contributed by atoms with Gasteiger partial charge in [-0.2, -0.15) is 0 Å². The molecule has 0 aliphatic carbocycles. The van der Waals surface area contributed by atoms with E-state index in [1.807, 2.05) is 41.1 Å². The van der Waals surface area contributed by atoms with Gasteiger partial charge in [0, 0.05) is 6.07 Å². The van der Waals surface area contributed by atoms with Crippen LogP contribution in [0.4, 0.5) is 0 Å². The van der Waals surface area contributed by atoms with E-state index in [-0.39, 0.29) is 0 Å². The quantitative estimate of drug-likeness (QED) is 0.736. The highest BCUT2D eigenvalue weighted by molar-refractivity contribution is 7.86. The van der Waals surface area contributed by atoms with Crippen LogP contribution in [0.15, 0.2) is 49.8 Å². The molecule has 0 unspecified atom stereocenters. The Bertz CT molecular complexity index is 641. The SMILES string of the molecule is O=[S@@](Cc1cc(-c2cccs2)on1)c1cccs1. The van der Waals surface area contributed by atoms with Crippen LogP contribution in [0.25, 0.3) is 10.6 Å². The molecule has 0 amide bonds. The van der Waals surface area contributed by atoms with Crippen molar-refractivity contribution in [2.75, 3.05) is 0 Å². The predicted molar refractivity (Wildman–Crippen MR) is 74.2 cm³/mol. The van der Waals surface area contributed by atoms with E-state index in [0.29, 0.717) is 5.75 Å². The molecule has 0 N–H and O–H groups in total. The molecule has 0 saturated carbocycles. The first kappa shape index (κ1) is 11.8. The van der Waals surface area contributed by atoms with Gasteiger partial charge in [-0.3, -0.25) is 4.21 Å². The Hall–Kier alpha value is -1.24. The van der Waals surface area contributed by atoms with E-state index in [4.69, 9.17) is 4.52 Å². The van der Waals surface area contributed by atoms with E-state index in [1.54, 1.807) is 11.3 Å². The van der Waals surface area contributed by atoms with Crippen LogP contribution in [0.2, 0.25) is 0 Å². The average molecular weight is 295 g/mol. The maximum absolute atomic E-state index is 12.0. The molecule has 1 atom stereocenters. The minimum absolute atomic E-state index is 0.398. The molecule has 0 fully saturated rings. The molecule has 3 aromatic heterocycles. The zero-order valence-corrected chi connectivity index (χ0v) is 11.7. The van der Waals surface area contributed by atoms with Crippen molar-refractivity contribution in [3.05, 3.63) is 46.8 Å². The van der Waals surface area contributed by atoms with Crippen LogP contribution in [0, 0.1) is 0 Å². The molecule has 0 aliphatic rings. The highest BCUT2D eigenvalue weighted by Crippen LogP contribution is 2.26. The highest BCUT2D eigenvalue weighted by Gasteiger charge is 2.12. The minimum Gasteiger partial charge on any atom is -0.355 e. The van der Waals surface area contributed by atoms with Crippen molar-refractivity contribution >= 4 is 33.5 Å². The van der Waals surface area contributed by atoms with Gasteiger partial charge in [-0.05, 0) is 22.9 Å². The van der Waals surface area contributed by atoms with Gasteiger partial charge in [-0.25, -0.2) is 0 Å². The summed E-state index contributed by atoms with van der Waals surface area (Å²) in [7, 11) is -1.04. The zero-order chi connectivity index (χ0) is 12.4. The standard InChI is InChI=1S/C12H9NO2S3/c14-18(12-4-2-6-17-12)8-9-7-10(15-13-9)11-3-1-5-16-11/h1-7H,8H2/t18-/m0/s1. The van der Waals surface area contributed by atoms with E-state index < -0.39 is 10.8 Å². The second kappa shape index (κ2) is 5.17. The lowest BCUT2D eigenvalue weighted by atomic mass is 10.3. The van der Waals surface area contributed by atoms with Crippen molar-refractivity contribution < 1.29 is 8.73 Å². The monoisotopic (exact) mass is 295 g/mol. The fraction of sp³-hybridized carbons (Fsp3) is 0.0833. The molecular formula is C12H9NO2S3. The van der Waals surface area contributed by atoms with Crippen LogP contribution in [-0.2, 0) is 16.6 Å².